The summed E-state index contributed by atoms with van der Waals surface area (Å²) >= 11 is 0. The van der Waals surface area contributed by atoms with Gasteiger partial charge >= 0.3 is 0 Å². The molecule has 2 fully saturated rings. The number of hydrogen-bond donors (Lipinski definition) is 1. The van der Waals surface area contributed by atoms with E-state index in [0.29, 0.717) is 0 Å². The molecule has 1 N–H and O–H groups in total. The van der Waals surface area contributed by atoms with E-state index in [2.05, 4.69) is 18.7 Å². The van der Waals surface area contributed by atoms with Gasteiger partial charge in [0.05, 0.1) is 5.60 Å². The van der Waals surface area contributed by atoms with Crippen LogP contribution < -0.4 is 0 Å². The van der Waals surface area contributed by atoms with E-state index in [1.54, 1.807) is 0 Å². The summed E-state index contributed by atoms with van der Waals surface area (Å²) in [5, 5.41) is 10.4. The molecule has 0 aromatic carbocycles. The minimum Gasteiger partial charge on any atom is -0.389 e. The standard InChI is InChI=1S/C14H27NO/c1-3-14(16,4-2)11-15-9-12-7-5-6-8-13(12)10-15/h12-13,16H,3-11H2,1-2H3. The Morgan fingerprint density at radius 2 is 1.56 bits per heavy atom. The van der Waals surface area contributed by atoms with Crippen molar-refractivity contribution in [2.75, 3.05) is 19.6 Å². The number of aliphatic hydroxyl groups is 1. The first kappa shape index (κ1) is 12.4. The molecule has 1 saturated heterocycles. The Balaban J connectivity index is 1.88. The number of nitrogens with zero attached hydrogens (tertiary/aromatic N) is 1. The second-order valence-electron chi connectivity index (χ2n) is 5.93. The smallest absolute Gasteiger partial charge is 0.0768 e. The van der Waals surface area contributed by atoms with Crippen molar-refractivity contribution in [3.63, 3.8) is 0 Å². The van der Waals surface area contributed by atoms with Gasteiger partial charge in [-0.1, -0.05) is 26.7 Å². The second kappa shape index (κ2) is 5.05. The highest BCUT2D eigenvalue weighted by Gasteiger charge is 2.37. The number of fused-ring (bicyclic) bond motifs is 1. The van der Waals surface area contributed by atoms with E-state index in [-0.39, 0.29) is 0 Å². The molecule has 0 bridgehead atoms. The summed E-state index contributed by atoms with van der Waals surface area (Å²) in [5.41, 5.74) is -0.437. The molecule has 0 amide bonds. The van der Waals surface area contributed by atoms with Crippen LogP contribution in [0, 0.1) is 11.8 Å². The van der Waals surface area contributed by atoms with Gasteiger partial charge < -0.3 is 5.11 Å². The van der Waals surface area contributed by atoms with E-state index in [0.717, 1.165) is 31.2 Å². The van der Waals surface area contributed by atoms with Gasteiger partial charge in [0.2, 0.25) is 0 Å². The van der Waals surface area contributed by atoms with Crippen molar-refractivity contribution in [2.24, 2.45) is 11.8 Å². The molecule has 2 heteroatoms. The molecular formula is C14H27NO. The summed E-state index contributed by atoms with van der Waals surface area (Å²) in [6, 6.07) is 0. The summed E-state index contributed by atoms with van der Waals surface area (Å²) in [4.78, 5) is 2.52. The lowest BCUT2D eigenvalue weighted by molar-refractivity contribution is 0.00112. The van der Waals surface area contributed by atoms with Gasteiger partial charge in [0.25, 0.3) is 0 Å². The van der Waals surface area contributed by atoms with Crippen molar-refractivity contribution in [3.8, 4) is 0 Å². The molecule has 1 aliphatic heterocycles. The zero-order valence-corrected chi connectivity index (χ0v) is 10.9. The molecule has 16 heavy (non-hydrogen) atoms. The van der Waals surface area contributed by atoms with Crippen LogP contribution in [0.1, 0.15) is 52.4 Å². The minimum absolute atomic E-state index is 0.437. The van der Waals surface area contributed by atoms with Crippen LogP contribution in [-0.2, 0) is 0 Å². The van der Waals surface area contributed by atoms with Crippen LogP contribution in [0.5, 0.6) is 0 Å². The van der Waals surface area contributed by atoms with Crippen LogP contribution in [0.15, 0.2) is 0 Å². The van der Waals surface area contributed by atoms with Gasteiger partial charge in [-0.05, 0) is 37.5 Å². The largest absolute Gasteiger partial charge is 0.389 e. The number of hydrogen-bond acceptors (Lipinski definition) is 2. The number of β-amino-alcohol motifs (C(OH)–C–C–N with tert-alkyl or cyclic N) is 1. The highest BCUT2D eigenvalue weighted by Crippen LogP contribution is 2.36. The Hall–Kier alpha value is -0.0800. The molecule has 0 aromatic heterocycles. The topological polar surface area (TPSA) is 23.5 Å². The van der Waals surface area contributed by atoms with Crippen molar-refractivity contribution >= 4 is 0 Å². The van der Waals surface area contributed by atoms with Crippen LogP contribution in [0.3, 0.4) is 0 Å². The molecule has 2 rings (SSSR count). The Kier molecular flexibility index (Phi) is 3.91. The molecule has 94 valence electrons. The average molecular weight is 225 g/mol. The molecule has 2 atom stereocenters. The highest BCUT2D eigenvalue weighted by atomic mass is 16.3. The lowest BCUT2D eigenvalue weighted by Crippen LogP contribution is -2.41. The summed E-state index contributed by atoms with van der Waals surface area (Å²) in [5.74, 6) is 1.87. The van der Waals surface area contributed by atoms with E-state index in [1.807, 2.05) is 0 Å². The third kappa shape index (κ3) is 2.60. The van der Waals surface area contributed by atoms with Gasteiger partial charge in [-0.15, -0.1) is 0 Å². The van der Waals surface area contributed by atoms with E-state index in [9.17, 15) is 5.11 Å². The Morgan fingerprint density at radius 1 is 1.06 bits per heavy atom. The molecule has 2 aliphatic rings. The van der Waals surface area contributed by atoms with Crippen molar-refractivity contribution < 1.29 is 5.11 Å². The van der Waals surface area contributed by atoms with E-state index >= 15 is 0 Å². The summed E-state index contributed by atoms with van der Waals surface area (Å²) in [6.07, 6.45) is 7.49. The first-order valence-corrected chi connectivity index (χ1v) is 7.11. The van der Waals surface area contributed by atoms with Gasteiger partial charge in [-0.25, -0.2) is 0 Å². The predicted molar refractivity (Wildman–Crippen MR) is 67.4 cm³/mol. The number of rotatable bonds is 4. The first-order chi connectivity index (χ1) is 7.67. The molecule has 1 saturated carbocycles. The van der Waals surface area contributed by atoms with Gasteiger partial charge in [-0.2, -0.15) is 0 Å². The molecule has 0 spiro atoms. The Morgan fingerprint density at radius 3 is 2.00 bits per heavy atom. The molecule has 2 nitrogen and oxygen atoms in total. The third-order valence-electron chi connectivity index (χ3n) is 4.89. The Bertz CT molecular complexity index is 211. The second-order valence-corrected chi connectivity index (χ2v) is 5.93. The molecule has 1 aliphatic carbocycles. The van der Waals surface area contributed by atoms with E-state index in [1.165, 1.54) is 38.8 Å². The maximum atomic E-state index is 10.4. The van der Waals surface area contributed by atoms with Crippen LogP contribution in [-0.4, -0.2) is 35.2 Å². The first-order valence-electron chi connectivity index (χ1n) is 7.11. The molecule has 0 radical (unpaired) electrons. The number of likely N-dealkylation sites (tertiary alicyclic amines) is 1. The normalized spacial score (nSPS) is 31.7. The van der Waals surface area contributed by atoms with Gasteiger partial charge in [-0.3, -0.25) is 4.90 Å². The lowest BCUT2D eigenvalue weighted by atomic mass is 9.82. The fourth-order valence-electron chi connectivity index (χ4n) is 3.52. The van der Waals surface area contributed by atoms with E-state index in [4.69, 9.17) is 0 Å². The van der Waals surface area contributed by atoms with Crippen LogP contribution in [0.25, 0.3) is 0 Å². The maximum Gasteiger partial charge on any atom is 0.0768 e. The minimum atomic E-state index is -0.437. The third-order valence-corrected chi connectivity index (χ3v) is 4.89. The molecule has 2 unspecified atom stereocenters. The average Bonchev–Trinajstić information content (AvgIpc) is 2.70. The van der Waals surface area contributed by atoms with Crippen molar-refractivity contribution in [3.05, 3.63) is 0 Å². The summed E-state index contributed by atoms with van der Waals surface area (Å²) < 4.78 is 0. The summed E-state index contributed by atoms with van der Waals surface area (Å²) in [7, 11) is 0. The van der Waals surface area contributed by atoms with Crippen molar-refractivity contribution in [2.45, 2.75) is 58.0 Å². The maximum absolute atomic E-state index is 10.4. The zero-order chi connectivity index (χ0) is 11.6. The van der Waals surface area contributed by atoms with Crippen LogP contribution in [0.2, 0.25) is 0 Å². The van der Waals surface area contributed by atoms with Gasteiger partial charge in [0.15, 0.2) is 0 Å². The van der Waals surface area contributed by atoms with E-state index < -0.39 is 5.60 Å². The molecule has 1 heterocycles. The predicted octanol–water partition coefficient (Wildman–Crippen LogP) is 2.66. The van der Waals surface area contributed by atoms with Crippen LogP contribution in [0.4, 0.5) is 0 Å². The van der Waals surface area contributed by atoms with Crippen molar-refractivity contribution in [1.29, 1.82) is 0 Å². The molecular weight excluding hydrogens is 198 g/mol. The van der Waals surface area contributed by atoms with Gasteiger partial charge in [0, 0.05) is 19.6 Å². The van der Waals surface area contributed by atoms with Gasteiger partial charge in [0.1, 0.15) is 0 Å². The fourth-order valence-corrected chi connectivity index (χ4v) is 3.52. The highest BCUT2D eigenvalue weighted by molar-refractivity contribution is 4.90. The van der Waals surface area contributed by atoms with Crippen molar-refractivity contribution in [1.82, 2.24) is 4.90 Å². The monoisotopic (exact) mass is 225 g/mol. The zero-order valence-electron chi connectivity index (χ0n) is 10.9. The lowest BCUT2D eigenvalue weighted by Gasteiger charge is -2.30. The van der Waals surface area contributed by atoms with Crippen LogP contribution >= 0.6 is 0 Å². The SMILES string of the molecule is CCC(O)(CC)CN1CC2CCCCC2C1. The fraction of sp³-hybridized carbons (Fsp3) is 1.00. The summed E-state index contributed by atoms with van der Waals surface area (Å²) in [6.45, 7) is 7.59. The Labute approximate surface area is 100 Å². The quantitative estimate of drug-likeness (QED) is 0.795. The molecule has 0 aromatic rings.